The lowest BCUT2D eigenvalue weighted by molar-refractivity contribution is -0.122. The van der Waals surface area contributed by atoms with Gasteiger partial charge in [0.1, 0.15) is 5.70 Å². The molecule has 0 bridgehead atoms. The van der Waals surface area contributed by atoms with Gasteiger partial charge in [0.2, 0.25) is 6.79 Å². The number of nitrogens with zero attached hydrogens (tertiary/aromatic N) is 2. The normalized spacial score (nSPS) is 18.2. The van der Waals surface area contributed by atoms with Crippen LogP contribution >= 0.6 is 12.2 Å². The maximum atomic E-state index is 12.7. The van der Waals surface area contributed by atoms with Crippen LogP contribution in [0, 0.1) is 0 Å². The summed E-state index contributed by atoms with van der Waals surface area (Å²) in [4.78, 5) is 16.2. The first-order valence-corrected chi connectivity index (χ1v) is 8.73. The number of ether oxygens (including phenoxy) is 2. The van der Waals surface area contributed by atoms with Crippen molar-refractivity contribution in [3.63, 3.8) is 0 Å². The summed E-state index contributed by atoms with van der Waals surface area (Å²) in [6, 6.07) is 5.65. The van der Waals surface area contributed by atoms with Crippen LogP contribution in [0.2, 0.25) is 0 Å². The topological polar surface area (TPSA) is 42.0 Å². The number of amides is 1. The first-order valence-electron chi connectivity index (χ1n) is 8.32. The molecule has 2 aliphatic heterocycles. The van der Waals surface area contributed by atoms with Crippen LogP contribution < -0.4 is 9.47 Å². The van der Waals surface area contributed by atoms with Crippen molar-refractivity contribution in [2.24, 2.45) is 0 Å². The minimum absolute atomic E-state index is 0.0309. The highest BCUT2D eigenvalue weighted by atomic mass is 32.1. The summed E-state index contributed by atoms with van der Waals surface area (Å²) in [5, 5.41) is 0.573. The molecule has 1 fully saturated rings. The second-order valence-corrected chi connectivity index (χ2v) is 6.37. The summed E-state index contributed by atoms with van der Waals surface area (Å²) < 4.78 is 10.7. The minimum Gasteiger partial charge on any atom is -0.454 e. The van der Waals surface area contributed by atoms with Gasteiger partial charge in [-0.1, -0.05) is 32.3 Å². The molecule has 2 aliphatic rings. The highest BCUT2D eigenvalue weighted by Crippen LogP contribution is 2.33. The molecule has 0 radical (unpaired) electrons. The maximum absolute atomic E-state index is 12.7. The van der Waals surface area contributed by atoms with Crippen molar-refractivity contribution >= 4 is 29.3 Å². The number of benzene rings is 1. The molecule has 2 heterocycles. The van der Waals surface area contributed by atoms with E-state index in [9.17, 15) is 4.79 Å². The second-order valence-electron chi connectivity index (χ2n) is 6.00. The van der Waals surface area contributed by atoms with E-state index < -0.39 is 0 Å². The highest BCUT2D eigenvalue weighted by Gasteiger charge is 2.35. The van der Waals surface area contributed by atoms with E-state index in [1.165, 1.54) is 12.8 Å². The third-order valence-corrected chi connectivity index (χ3v) is 4.77. The fourth-order valence-corrected chi connectivity index (χ4v) is 3.14. The van der Waals surface area contributed by atoms with Gasteiger partial charge in [-0.2, -0.15) is 0 Å². The lowest BCUT2D eigenvalue weighted by atomic mass is 10.1. The molecule has 0 unspecified atom stereocenters. The first kappa shape index (κ1) is 16.8. The quantitative estimate of drug-likeness (QED) is 0.449. The third-order valence-electron chi connectivity index (χ3n) is 4.28. The summed E-state index contributed by atoms with van der Waals surface area (Å²) in [7, 11) is 1.84. The Morgan fingerprint density at radius 2 is 2.00 bits per heavy atom. The Morgan fingerprint density at radius 1 is 1.21 bits per heavy atom. The predicted molar refractivity (Wildman–Crippen MR) is 96.8 cm³/mol. The van der Waals surface area contributed by atoms with Gasteiger partial charge >= 0.3 is 0 Å². The monoisotopic (exact) mass is 346 g/mol. The van der Waals surface area contributed by atoms with Crippen LogP contribution in [0.15, 0.2) is 23.9 Å². The Bertz CT molecular complexity index is 687. The maximum Gasteiger partial charge on any atom is 0.276 e. The molecule has 1 saturated heterocycles. The van der Waals surface area contributed by atoms with E-state index in [-0.39, 0.29) is 12.7 Å². The summed E-state index contributed by atoms with van der Waals surface area (Å²) in [5.74, 6) is 1.41. The molecular formula is C18H22N2O3S. The Hall–Kier alpha value is -2.08. The van der Waals surface area contributed by atoms with Gasteiger partial charge < -0.3 is 14.4 Å². The van der Waals surface area contributed by atoms with Crippen LogP contribution in [-0.2, 0) is 4.79 Å². The van der Waals surface area contributed by atoms with Gasteiger partial charge in [0.15, 0.2) is 16.6 Å². The summed E-state index contributed by atoms with van der Waals surface area (Å²) in [6.07, 6.45) is 6.30. The molecule has 0 spiro atoms. The summed E-state index contributed by atoms with van der Waals surface area (Å²) >= 11 is 5.44. The van der Waals surface area contributed by atoms with E-state index in [0.29, 0.717) is 23.1 Å². The molecular weight excluding hydrogens is 324 g/mol. The Labute approximate surface area is 147 Å². The molecule has 0 N–H and O–H groups in total. The Kier molecular flexibility index (Phi) is 5.04. The number of rotatable bonds is 6. The van der Waals surface area contributed by atoms with Gasteiger partial charge in [-0.25, -0.2) is 0 Å². The lowest BCUT2D eigenvalue weighted by Crippen LogP contribution is -2.32. The van der Waals surface area contributed by atoms with Crippen molar-refractivity contribution in [2.75, 3.05) is 20.4 Å². The number of carbonyl (C=O) groups excluding carboxylic acids is 1. The zero-order valence-corrected chi connectivity index (χ0v) is 14.9. The Balaban J connectivity index is 1.75. The fourth-order valence-electron chi connectivity index (χ4n) is 2.87. The van der Waals surface area contributed by atoms with Crippen molar-refractivity contribution in [2.45, 2.75) is 32.6 Å². The van der Waals surface area contributed by atoms with E-state index in [2.05, 4.69) is 6.92 Å². The van der Waals surface area contributed by atoms with Crippen LogP contribution in [0.3, 0.4) is 0 Å². The van der Waals surface area contributed by atoms with E-state index in [1.54, 1.807) is 9.80 Å². The molecule has 1 aromatic carbocycles. The number of thiocarbonyl (C=S) groups is 1. The first-order chi connectivity index (χ1) is 11.6. The second kappa shape index (κ2) is 7.21. The van der Waals surface area contributed by atoms with E-state index >= 15 is 0 Å². The molecule has 3 rings (SSSR count). The number of hydrogen-bond acceptors (Lipinski definition) is 4. The lowest BCUT2D eigenvalue weighted by Gasteiger charge is -2.16. The van der Waals surface area contributed by atoms with Crippen molar-refractivity contribution < 1.29 is 14.3 Å². The summed E-state index contributed by atoms with van der Waals surface area (Å²) in [5.41, 5.74) is 1.49. The van der Waals surface area contributed by atoms with Crippen molar-refractivity contribution in [3.05, 3.63) is 29.5 Å². The van der Waals surface area contributed by atoms with Crippen LogP contribution in [0.5, 0.6) is 11.5 Å². The molecule has 0 saturated carbocycles. The van der Waals surface area contributed by atoms with Gasteiger partial charge in [-0.3, -0.25) is 9.69 Å². The van der Waals surface area contributed by atoms with Gasteiger partial charge in [0.05, 0.1) is 0 Å². The zero-order valence-electron chi connectivity index (χ0n) is 14.1. The third kappa shape index (κ3) is 3.24. The summed E-state index contributed by atoms with van der Waals surface area (Å²) in [6.45, 7) is 3.09. The van der Waals surface area contributed by atoms with Crippen LogP contribution in [0.4, 0.5) is 0 Å². The number of hydrogen-bond donors (Lipinski definition) is 0. The molecule has 6 heteroatoms. The average molecular weight is 346 g/mol. The van der Waals surface area contributed by atoms with E-state index in [0.717, 1.165) is 24.2 Å². The largest absolute Gasteiger partial charge is 0.454 e. The zero-order chi connectivity index (χ0) is 17.1. The van der Waals surface area contributed by atoms with Crippen molar-refractivity contribution in [1.82, 2.24) is 9.80 Å². The molecule has 24 heavy (non-hydrogen) atoms. The van der Waals surface area contributed by atoms with Crippen LogP contribution in [-0.4, -0.2) is 41.2 Å². The average Bonchev–Trinajstić information content (AvgIpc) is 3.12. The van der Waals surface area contributed by atoms with Gasteiger partial charge in [-0.05, 0) is 42.4 Å². The number of likely N-dealkylation sites (N-methyl/N-ethyl adjacent to an activating group) is 1. The van der Waals surface area contributed by atoms with Crippen LogP contribution in [0.25, 0.3) is 6.08 Å². The smallest absolute Gasteiger partial charge is 0.276 e. The van der Waals surface area contributed by atoms with Crippen LogP contribution in [0.1, 0.15) is 38.2 Å². The molecule has 0 aromatic heterocycles. The Morgan fingerprint density at radius 3 is 2.79 bits per heavy atom. The number of fused-ring (bicyclic) bond motifs is 1. The fraction of sp³-hybridized carbons (Fsp3) is 0.444. The molecule has 1 amide bonds. The molecule has 128 valence electrons. The van der Waals surface area contributed by atoms with Crippen molar-refractivity contribution in [3.8, 4) is 11.5 Å². The minimum atomic E-state index is -0.0309. The van der Waals surface area contributed by atoms with Gasteiger partial charge in [0.25, 0.3) is 5.91 Å². The molecule has 0 atom stereocenters. The molecule has 1 aromatic rings. The molecule has 5 nitrogen and oxygen atoms in total. The standard InChI is InChI=1S/C18H22N2O3S/c1-3-4-5-6-9-20-17(21)14(19(2)18(20)24)10-13-7-8-15-16(11-13)23-12-22-15/h7-8,10-11H,3-6,9,12H2,1-2H3. The van der Waals surface area contributed by atoms with Gasteiger partial charge in [0, 0.05) is 13.6 Å². The predicted octanol–water partition coefficient (Wildman–Crippen LogP) is 3.40. The number of unbranched alkanes of at least 4 members (excludes halogenated alkanes) is 3. The van der Waals surface area contributed by atoms with Crippen molar-refractivity contribution in [1.29, 1.82) is 0 Å². The SMILES string of the molecule is CCCCCCN1C(=O)C(=Cc2ccc3c(c2)OCO3)N(C)C1=S. The van der Waals surface area contributed by atoms with E-state index in [1.807, 2.05) is 31.3 Å². The number of carbonyl (C=O) groups is 1. The highest BCUT2D eigenvalue weighted by molar-refractivity contribution is 7.80. The van der Waals surface area contributed by atoms with E-state index in [4.69, 9.17) is 21.7 Å². The molecule has 0 aliphatic carbocycles. The van der Waals surface area contributed by atoms with Gasteiger partial charge in [-0.15, -0.1) is 0 Å².